The molecule has 0 aromatic rings. The third kappa shape index (κ3) is 20.2. The number of hydrogen-bond donors (Lipinski definition) is 0. The number of rotatable bonds is 28. The van der Waals surface area contributed by atoms with Gasteiger partial charge >= 0.3 is 0 Å². The SMILES string of the molecule is CCCCCCC(CCCCCC)COC(CCCCCC)(CCCCCC)CCCCCC. The van der Waals surface area contributed by atoms with Gasteiger partial charge in [-0.1, -0.05) is 163 Å². The molecule has 1 heteroatoms. The van der Waals surface area contributed by atoms with E-state index in [0.29, 0.717) is 0 Å². The minimum absolute atomic E-state index is 0.167. The molecule has 0 aromatic carbocycles. The first kappa shape index (κ1) is 34.0. The molecule has 0 aromatic heterocycles. The van der Waals surface area contributed by atoms with Crippen molar-refractivity contribution in [3.05, 3.63) is 0 Å². The average molecular weight is 481 g/mol. The van der Waals surface area contributed by atoms with Crippen LogP contribution in [0.3, 0.4) is 0 Å². The van der Waals surface area contributed by atoms with Gasteiger partial charge in [0.05, 0.1) is 12.2 Å². The fourth-order valence-electron chi connectivity index (χ4n) is 5.54. The second kappa shape index (κ2) is 26.0. The standard InChI is InChI=1S/C33H68O/c1-6-11-16-21-26-32(27-22-17-12-7-2)31-34-33(28-23-18-13-8-3,29-24-19-14-9-4)30-25-20-15-10-5/h32H,6-31H2,1-5H3. The molecular formula is C33H68O. The monoisotopic (exact) mass is 481 g/mol. The first-order valence-electron chi connectivity index (χ1n) is 16.3. The van der Waals surface area contributed by atoms with E-state index in [1.165, 1.54) is 161 Å². The van der Waals surface area contributed by atoms with Crippen LogP contribution in [0.2, 0.25) is 0 Å². The molecule has 0 heterocycles. The lowest BCUT2D eigenvalue weighted by Gasteiger charge is -2.36. The van der Waals surface area contributed by atoms with Gasteiger partial charge in [-0.25, -0.2) is 0 Å². The van der Waals surface area contributed by atoms with Gasteiger partial charge in [0, 0.05) is 0 Å². The molecule has 0 bridgehead atoms. The van der Waals surface area contributed by atoms with E-state index < -0.39 is 0 Å². The number of ether oxygens (including phenoxy) is 1. The molecular weight excluding hydrogens is 412 g/mol. The van der Waals surface area contributed by atoms with Gasteiger partial charge in [-0.15, -0.1) is 0 Å². The van der Waals surface area contributed by atoms with Gasteiger partial charge in [-0.2, -0.15) is 0 Å². The topological polar surface area (TPSA) is 9.23 Å². The van der Waals surface area contributed by atoms with E-state index in [9.17, 15) is 0 Å². The largest absolute Gasteiger partial charge is 0.375 e. The third-order valence-corrected chi connectivity index (χ3v) is 8.01. The van der Waals surface area contributed by atoms with Crippen molar-refractivity contribution in [1.82, 2.24) is 0 Å². The summed E-state index contributed by atoms with van der Waals surface area (Å²) in [5.74, 6) is 0.787. The van der Waals surface area contributed by atoms with E-state index in [-0.39, 0.29) is 5.60 Å². The quantitative estimate of drug-likeness (QED) is 0.101. The molecule has 0 saturated heterocycles. The van der Waals surface area contributed by atoms with E-state index in [1.807, 2.05) is 0 Å². The summed E-state index contributed by atoms with van der Waals surface area (Å²) >= 11 is 0. The minimum Gasteiger partial charge on any atom is -0.375 e. The predicted molar refractivity (Wildman–Crippen MR) is 156 cm³/mol. The smallest absolute Gasteiger partial charge is 0.0682 e. The molecule has 0 rings (SSSR count). The Kier molecular flexibility index (Phi) is 26.0. The molecule has 0 N–H and O–H groups in total. The van der Waals surface area contributed by atoms with Gasteiger partial charge in [-0.3, -0.25) is 0 Å². The van der Waals surface area contributed by atoms with Gasteiger partial charge in [0.25, 0.3) is 0 Å². The van der Waals surface area contributed by atoms with Gasteiger partial charge in [0.15, 0.2) is 0 Å². The maximum atomic E-state index is 7.15. The van der Waals surface area contributed by atoms with Gasteiger partial charge < -0.3 is 4.74 Å². The normalized spacial score (nSPS) is 12.2. The highest BCUT2D eigenvalue weighted by Gasteiger charge is 2.30. The van der Waals surface area contributed by atoms with Crippen LogP contribution in [-0.4, -0.2) is 12.2 Å². The molecule has 0 amide bonds. The Bertz CT molecular complexity index is 333. The maximum Gasteiger partial charge on any atom is 0.0682 e. The van der Waals surface area contributed by atoms with E-state index in [0.717, 1.165) is 12.5 Å². The molecule has 0 aliphatic heterocycles. The summed E-state index contributed by atoms with van der Waals surface area (Å²) in [6.45, 7) is 12.7. The molecule has 34 heavy (non-hydrogen) atoms. The zero-order valence-electron chi connectivity index (χ0n) is 24.9. The van der Waals surface area contributed by atoms with Crippen molar-refractivity contribution in [2.45, 2.75) is 201 Å². The highest BCUT2D eigenvalue weighted by molar-refractivity contribution is 4.82. The van der Waals surface area contributed by atoms with E-state index in [2.05, 4.69) is 34.6 Å². The summed E-state index contributed by atoms with van der Waals surface area (Å²) < 4.78 is 7.15. The van der Waals surface area contributed by atoms with Gasteiger partial charge in [0.2, 0.25) is 0 Å². The lowest BCUT2D eigenvalue weighted by atomic mass is 9.84. The molecule has 1 nitrogen and oxygen atoms in total. The van der Waals surface area contributed by atoms with Crippen LogP contribution >= 0.6 is 0 Å². The Morgan fingerprint density at radius 2 is 0.735 bits per heavy atom. The van der Waals surface area contributed by atoms with E-state index >= 15 is 0 Å². The number of hydrogen-bond acceptors (Lipinski definition) is 1. The molecule has 0 saturated carbocycles. The van der Waals surface area contributed by atoms with E-state index in [1.54, 1.807) is 0 Å². The third-order valence-electron chi connectivity index (χ3n) is 8.01. The fraction of sp³-hybridized carbons (Fsp3) is 1.00. The summed E-state index contributed by atoms with van der Waals surface area (Å²) in [6.07, 6.45) is 34.3. The van der Waals surface area contributed by atoms with Crippen LogP contribution in [0.4, 0.5) is 0 Å². The zero-order valence-corrected chi connectivity index (χ0v) is 24.9. The minimum atomic E-state index is 0.167. The summed E-state index contributed by atoms with van der Waals surface area (Å²) in [4.78, 5) is 0. The van der Waals surface area contributed by atoms with Crippen LogP contribution in [-0.2, 0) is 4.74 Å². The number of unbranched alkanes of at least 4 members (excludes halogenated alkanes) is 15. The van der Waals surface area contributed by atoms with Crippen molar-refractivity contribution in [3.8, 4) is 0 Å². The summed E-state index contributed by atoms with van der Waals surface area (Å²) in [5.41, 5.74) is 0.167. The zero-order chi connectivity index (χ0) is 25.2. The molecule has 0 radical (unpaired) electrons. The van der Waals surface area contributed by atoms with Crippen LogP contribution in [0, 0.1) is 5.92 Å². The van der Waals surface area contributed by atoms with Crippen molar-refractivity contribution in [3.63, 3.8) is 0 Å². The molecule has 0 aliphatic rings. The second-order valence-electron chi connectivity index (χ2n) is 11.5. The Balaban J connectivity index is 5.16. The molecule has 0 unspecified atom stereocenters. The summed E-state index contributed by atoms with van der Waals surface area (Å²) in [6, 6.07) is 0. The van der Waals surface area contributed by atoms with Crippen LogP contribution in [0.1, 0.15) is 195 Å². The second-order valence-corrected chi connectivity index (χ2v) is 11.5. The first-order valence-corrected chi connectivity index (χ1v) is 16.3. The molecule has 0 spiro atoms. The Labute approximate surface area is 218 Å². The summed E-state index contributed by atoms with van der Waals surface area (Å²) in [5, 5.41) is 0. The van der Waals surface area contributed by atoms with Gasteiger partial charge in [-0.05, 0) is 38.0 Å². The Morgan fingerprint density at radius 3 is 1.06 bits per heavy atom. The lowest BCUT2D eigenvalue weighted by molar-refractivity contribution is -0.0836. The maximum absolute atomic E-state index is 7.15. The first-order chi connectivity index (χ1) is 16.7. The van der Waals surface area contributed by atoms with Crippen molar-refractivity contribution in [2.24, 2.45) is 5.92 Å². The molecule has 0 aliphatic carbocycles. The summed E-state index contributed by atoms with van der Waals surface area (Å²) in [7, 11) is 0. The molecule has 206 valence electrons. The Hall–Kier alpha value is -0.0400. The highest BCUT2D eigenvalue weighted by Crippen LogP contribution is 2.34. The van der Waals surface area contributed by atoms with Crippen LogP contribution in [0.5, 0.6) is 0 Å². The molecule has 0 fully saturated rings. The molecule has 0 atom stereocenters. The highest BCUT2D eigenvalue weighted by atomic mass is 16.5. The van der Waals surface area contributed by atoms with Crippen molar-refractivity contribution in [2.75, 3.05) is 6.61 Å². The van der Waals surface area contributed by atoms with Gasteiger partial charge in [0.1, 0.15) is 0 Å². The Morgan fingerprint density at radius 1 is 0.412 bits per heavy atom. The fourth-order valence-corrected chi connectivity index (χ4v) is 5.54. The predicted octanol–water partition coefficient (Wildman–Crippen LogP) is 12.2. The average Bonchev–Trinajstić information content (AvgIpc) is 2.85. The lowest BCUT2D eigenvalue weighted by Crippen LogP contribution is -2.35. The van der Waals surface area contributed by atoms with Crippen molar-refractivity contribution >= 4 is 0 Å². The van der Waals surface area contributed by atoms with Crippen molar-refractivity contribution in [1.29, 1.82) is 0 Å². The van der Waals surface area contributed by atoms with Crippen molar-refractivity contribution < 1.29 is 4.74 Å². The van der Waals surface area contributed by atoms with Crippen LogP contribution < -0.4 is 0 Å². The van der Waals surface area contributed by atoms with Crippen LogP contribution in [0.15, 0.2) is 0 Å². The van der Waals surface area contributed by atoms with Crippen LogP contribution in [0.25, 0.3) is 0 Å². The van der Waals surface area contributed by atoms with E-state index in [4.69, 9.17) is 4.74 Å².